The van der Waals surface area contributed by atoms with E-state index in [-0.39, 0.29) is 5.91 Å². The third kappa shape index (κ3) is 3.66. The summed E-state index contributed by atoms with van der Waals surface area (Å²) in [7, 11) is 1.62. The summed E-state index contributed by atoms with van der Waals surface area (Å²) in [5, 5.41) is 1.41. The lowest BCUT2D eigenvalue weighted by Crippen LogP contribution is -2.19. The zero-order valence-electron chi connectivity index (χ0n) is 14.1. The van der Waals surface area contributed by atoms with Gasteiger partial charge in [0.2, 0.25) is 0 Å². The molecular formula is C18H13Cl2N3O2S2. The Labute approximate surface area is 172 Å². The summed E-state index contributed by atoms with van der Waals surface area (Å²) in [5.41, 5.74) is 1.58. The molecule has 0 aliphatic rings. The molecular weight excluding hydrogens is 425 g/mol. The number of amides is 1. The van der Waals surface area contributed by atoms with Crippen molar-refractivity contribution < 1.29 is 9.53 Å². The molecule has 138 valence electrons. The Morgan fingerprint density at radius 1 is 1.22 bits per heavy atom. The van der Waals surface area contributed by atoms with Crippen LogP contribution in [0.1, 0.15) is 9.80 Å². The normalized spacial score (nSPS) is 12.3. The SMILES string of the molecule is COCCn1c(=NC(=O)c2nc3ccccc3s2)sc2cc(Cl)cc(Cl)c21. The van der Waals surface area contributed by atoms with Crippen molar-refractivity contribution >= 4 is 72.2 Å². The lowest BCUT2D eigenvalue weighted by molar-refractivity contribution is 0.0997. The summed E-state index contributed by atoms with van der Waals surface area (Å²) in [6, 6.07) is 11.1. The third-order valence-electron chi connectivity index (χ3n) is 3.89. The molecule has 0 bridgehead atoms. The van der Waals surface area contributed by atoms with E-state index in [2.05, 4.69) is 9.98 Å². The maximum absolute atomic E-state index is 12.7. The Morgan fingerprint density at radius 3 is 2.81 bits per heavy atom. The Hall–Kier alpha value is -1.77. The number of hydrogen-bond acceptors (Lipinski definition) is 5. The van der Waals surface area contributed by atoms with Crippen LogP contribution in [0.15, 0.2) is 41.4 Å². The van der Waals surface area contributed by atoms with Crippen molar-refractivity contribution in [2.24, 2.45) is 4.99 Å². The Morgan fingerprint density at radius 2 is 2.04 bits per heavy atom. The molecule has 4 aromatic rings. The van der Waals surface area contributed by atoms with Crippen molar-refractivity contribution in [2.45, 2.75) is 6.54 Å². The topological polar surface area (TPSA) is 56.5 Å². The van der Waals surface area contributed by atoms with Crippen molar-refractivity contribution in [3.05, 3.63) is 56.3 Å². The number of methoxy groups -OCH3 is 1. The molecule has 0 spiro atoms. The van der Waals surface area contributed by atoms with Crippen LogP contribution in [0, 0.1) is 0 Å². The number of nitrogens with zero attached hydrogens (tertiary/aromatic N) is 3. The molecule has 0 saturated carbocycles. The van der Waals surface area contributed by atoms with Gasteiger partial charge in [-0.05, 0) is 24.3 Å². The van der Waals surface area contributed by atoms with Crippen LogP contribution in [0.5, 0.6) is 0 Å². The lowest BCUT2D eigenvalue weighted by Gasteiger charge is -2.05. The fraction of sp³-hybridized carbons (Fsp3) is 0.167. The number of fused-ring (bicyclic) bond motifs is 2. The van der Waals surface area contributed by atoms with Crippen LogP contribution in [0.4, 0.5) is 0 Å². The molecule has 0 atom stereocenters. The minimum Gasteiger partial charge on any atom is -0.383 e. The third-order valence-corrected chi connectivity index (χ3v) is 6.44. The van der Waals surface area contributed by atoms with E-state index >= 15 is 0 Å². The molecule has 0 fully saturated rings. The molecule has 9 heteroatoms. The highest BCUT2D eigenvalue weighted by molar-refractivity contribution is 7.20. The van der Waals surface area contributed by atoms with Crippen LogP contribution in [0.2, 0.25) is 10.0 Å². The average molecular weight is 438 g/mol. The van der Waals surface area contributed by atoms with Gasteiger partial charge in [-0.2, -0.15) is 4.99 Å². The van der Waals surface area contributed by atoms with Gasteiger partial charge in [-0.3, -0.25) is 4.79 Å². The minimum atomic E-state index is -0.379. The highest BCUT2D eigenvalue weighted by Crippen LogP contribution is 2.30. The number of rotatable bonds is 4. The molecule has 0 aliphatic carbocycles. The van der Waals surface area contributed by atoms with E-state index in [9.17, 15) is 4.79 Å². The zero-order valence-corrected chi connectivity index (χ0v) is 17.3. The molecule has 0 aliphatic heterocycles. The predicted molar refractivity (Wildman–Crippen MR) is 111 cm³/mol. The maximum Gasteiger partial charge on any atom is 0.308 e. The largest absolute Gasteiger partial charge is 0.383 e. The molecule has 2 aromatic heterocycles. The summed E-state index contributed by atoms with van der Waals surface area (Å²) >= 11 is 15.2. The van der Waals surface area contributed by atoms with Crippen molar-refractivity contribution in [2.75, 3.05) is 13.7 Å². The first-order chi connectivity index (χ1) is 13.1. The van der Waals surface area contributed by atoms with E-state index in [0.717, 1.165) is 20.4 Å². The molecule has 2 heterocycles. The van der Waals surface area contributed by atoms with Gasteiger partial charge in [0.05, 0.1) is 32.1 Å². The van der Waals surface area contributed by atoms with Crippen LogP contribution in [-0.4, -0.2) is 29.2 Å². The molecule has 2 aromatic carbocycles. The van der Waals surface area contributed by atoms with Gasteiger partial charge in [-0.25, -0.2) is 4.98 Å². The second-order valence-electron chi connectivity index (χ2n) is 5.67. The number of hydrogen-bond donors (Lipinski definition) is 0. The fourth-order valence-electron chi connectivity index (χ4n) is 2.70. The molecule has 27 heavy (non-hydrogen) atoms. The van der Waals surface area contributed by atoms with Gasteiger partial charge in [0.15, 0.2) is 9.81 Å². The molecule has 0 unspecified atom stereocenters. The second kappa shape index (κ2) is 7.69. The van der Waals surface area contributed by atoms with Crippen LogP contribution in [-0.2, 0) is 11.3 Å². The first-order valence-corrected chi connectivity index (χ1v) is 10.4. The average Bonchev–Trinajstić information content (AvgIpc) is 3.21. The van der Waals surface area contributed by atoms with Gasteiger partial charge in [-0.15, -0.1) is 11.3 Å². The van der Waals surface area contributed by atoms with Crippen molar-refractivity contribution in [1.29, 1.82) is 0 Å². The number of para-hydroxylation sites is 1. The number of carbonyl (C=O) groups is 1. The van der Waals surface area contributed by atoms with E-state index < -0.39 is 0 Å². The summed E-state index contributed by atoms with van der Waals surface area (Å²) in [6.07, 6.45) is 0. The van der Waals surface area contributed by atoms with Crippen LogP contribution in [0.25, 0.3) is 20.4 Å². The molecule has 4 rings (SSSR count). The smallest absolute Gasteiger partial charge is 0.308 e. The monoisotopic (exact) mass is 437 g/mol. The number of ether oxygens (including phenoxy) is 1. The number of thiazole rings is 2. The summed E-state index contributed by atoms with van der Waals surface area (Å²) in [5.74, 6) is -0.379. The van der Waals surface area contributed by atoms with Gasteiger partial charge in [0.25, 0.3) is 0 Å². The molecule has 5 nitrogen and oxygen atoms in total. The molecule has 0 radical (unpaired) electrons. The molecule has 0 N–H and O–H groups in total. The molecule has 0 saturated heterocycles. The lowest BCUT2D eigenvalue weighted by atomic mass is 10.3. The number of halogens is 2. The Bertz CT molecular complexity index is 1190. The first kappa shape index (κ1) is 18.6. The van der Waals surface area contributed by atoms with Gasteiger partial charge >= 0.3 is 5.91 Å². The highest BCUT2D eigenvalue weighted by Gasteiger charge is 2.15. The summed E-state index contributed by atoms with van der Waals surface area (Å²) in [4.78, 5) is 22.0. The molecule has 1 amide bonds. The van der Waals surface area contributed by atoms with Gasteiger partial charge < -0.3 is 9.30 Å². The Balaban J connectivity index is 1.85. The first-order valence-electron chi connectivity index (χ1n) is 7.99. The van der Waals surface area contributed by atoms with Gasteiger partial charge in [0.1, 0.15) is 0 Å². The van der Waals surface area contributed by atoms with Crippen molar-refractivity contribution in [3.8, 4) is 0 Å². The van der Waals surface area contributed by atoms with Crippen LogP contribution < -0.4 is 4.80 Å². The Kier molecular flexibility index (Phi) is 5.29. The standard InChI is InChI=1S/C18H13Cl2N3O2S2/c1-25-7-6-23-15-11(20)8-10(19)9-14(15)27-18(23)22-16(24)17-21-12-4-2-3-5-13(12)26-17/h2-5,8-9H,6-7H2,1H3. The van der Waals surface area contributed by atoms with Crippen molar-refractivity contribution in [3.63, 3.8) is 0 Å². The van der Waals surface area contributed by atoms with E-state index in [1.165, 1.54) is 22.7 Å². The summed E-state index contributed by atoms with van der Waals surface area (Å²) in [6.45, 7) is 0.983. The van der Waals surface area contributed by atoms with E-state index in [1.807, 2.05) is 34.9 Å². The summed E-state index contributed by atoms with van der Waals surface area (Å²) < 4.78 is 8.89. The number of benzene rings is 2. The minimum absolute atomic E-state index is 0.357. The highest BCUT2D eigenvalue weighted by atomic mass is 35.5. The van der Waals surface area contributed by atoms with Crippen LogP contribution >= 0.6 is 45.9 Å². The predicted octanol–water partition coefficient (Wildman–Crippen LogP) is 5.01. The van der Waals surface area contributed by atoms with Gasteiger partial charge in [-0.1, -0.05) is 46.7 Å². The number of carbonyl (C=O) groups excluding carboxylic acids is 1. The van der Waals surface area contributed by atoms with E-state index in [0.29, 0.717) is 33.0 Å². The maximum atomic E-state index is 12.7. The van der Waals surface area contributed by atoms with Gasteiger partial charge in [0, 0.05) is 18.7 Å². The zero-order chi connectivity index (χ0) is 19.0. The van der Waals surface area contributed by atoms with Crippen molar-refractivity contribution in [1.82, 2.24) is 9.55 Å². The number of aromatic nitrogens is 2. The van der Waals surface area contributed by atoms with Crippen LogP contribution in [0.3, 0.4) is 0 Å². The second-order valence-corrected chi connectivity index (χ2v) is 8.55. The van der Waals surface area contributed by atoms with E-state index in [1.54, 1.807) is 13.2 Å². The quantitative estimate of drug-likeness (QED) is 0.450. The van der Waals surface area contributed by atoms with E-state index in [4.69, 9.17) is 27.9 Å². The fourth-order valence-corrected chi connectivity index (χ4v) is 5.39.